The maximum absolute atomic E-state index is 12.1. The van der Waals surface area contributed by atoms with E-state index in [1.807, 2.05) is 43.3 Å². The first-order valence-corrected chi connectivity index (χ1v) is 6.94. The molecule has 5 heteroatoms. The Morgan fingerprint density at radius 2 is 1.86 bits per heavy atom. The standard InChI is InChI=1S/C17H21N2O3/c1-12-10-14(19(3)17(20)18(12)2)7-6-13-11-15(21-4)8-9-16(13)22-5/h6-11H,1-5H3/q+1/b7-6+. The highest BCUT2D eigenvalue weighted by atomic mass is 16.5. The monoisotopic (exact) mass is 301 g/mol. The lowest BCUT2D eigenvalue weighted by Crippen LogP contribution is -2.53. The first-order valence-electron chi connectivity index (χ1n) is 6.94. The molecule has 0 saturated carbocycles. The zero-order chi connectivity index (χ0) is 16.3. The summed E-state index contributed by atoms with van der Waals surface area (Å²) in [7, 11) is 6.77. The third-order valence-electron chi connectivity index (χ3n) is 3.72. The predicted octanol–water partition coefficient (Wildman–Crippen LogP) is 1.71. The van der Waals surface area contributed by atoms with Gasteiger partial charge in [-0.3, -0.25) is 0 Å². The fourth-order valence-corrected chi connectivity index (χ4v) is 2.20. The quantitative estimate of drug-likeness (QED) is 0.808. The van der Waals surface area contributed by atoms with Gasteiger partial charge in [-0.15, -0.1) is 0 Å². The SMILES string of the molecule is COc1ccc(OC)c(/C=C/c2cc(C)n(C)c(=O)[n+]2C)c1. The van der Waals surface area contributed by atoms with E-state index in [1.165, 1.54) is 0 Å². The predicted molar refractivity (Wildman–Crippen MR) is 86.1 cm³/mol. The molecule has 0 saturated heterocycles. The molecule has 22 heavy (non-hydrogen) atoms. The summed E-state index contributed by atoms with van der Waals surface area (Å²) in [6.45, 7) is 1.91. The van der Waals surface area contributed by atoms with Crippen LogP contribution in [0, 0.1) is 6.92 Å². The highest BCUT2D eigenvalue weighted by Gasteiger charge is 2.11. The van der Waals surface area contributed by atoms with Crippen molar-refractivity contribution in [2.24, 2.45) is 14.1 Å². The van der Waals surface area contributed by atoms with Crippen molar-refractivity contribution in [1.29, 1.82) is 0 Å². The van der Waals surface area contributed by atoms with Crippen molar-refractivity contribution in [2.75, 3.05) is 14.2 Å². The van der Waals surface area contributed by atoms with Crippen molar-refractivity contribution >= 4 is 12.2 Å². The number of aryl methyl sites for hydroxylation is 1. The number of benzene rings is 1. The Labute approximate surface area is 130 Å². The lowest BCUT2D eigenvalue weighted by molar-refractivity contribution is -0.692. The van der Waals surface area contributed by atoms with Gasteiger partial charge >= 0.3 is 5.69 Å². The van der Waals surface area contributed by atoms with Gasteiger partial charge in [-0.25, -0.2) is 0 Å². The average Bonchev–Trinajstić information content (AvgIpc) is 2.54. The maximum Gasteiger partial charge on any atom is 0.498 e. The Morgan fingerprint density at radius 3 is 2.50 bits per heavy atom. The fourth-order valence-electron chi connectivity index (χ4n) is 2.20. The number of hydrogen-bond acceptors (Lipinski definition) is 3. The second-order valence-electron chi connectivity index (χ2n) is 5.05. The Kier molecular flexibility index (Phi) is 4.65. The van der Waals surface area contributed by atoms with Crippen LogP contribution in [0.1, 0.15) is 17.0 Å². The van der Waals surface area contributed by atoms with E-state index < -0.39 is 0 Å². The molecule has 0 spiro atoms. The highest BCUT2D eigenvalue weighted by molar-refractivity contribution is 5.71. The van der Waals surface area contributed by atoms with Gasteiger partial charge in [-0.2, -0.15) is 13.9 Å². The van der Waals surface area contributed by atoms with E-state index in [0.717, 1.165) is 28.5 Å². The number of nitrogens with zero attached hydrogens (tertiary/aromatic N) is 2. The first-order chi connectivity index (χ1) is 10.5. The second-order valence-corrected chi connectivity index (χ2v) is 5.05. The molecule has 0 aliphatic rings. The fraction of sp³-hybridized carbons (Fsp3) is 0.294. The molecule has 0 atom stereocenters. The van der Waals surface area contributed by atoms with Crippen LogP contribution in [0.3, 0.4) is 0 Å². The van der Waals surface area contributed by atoms with Gasteiger partial charge in [-0.05, 0) is 37.3 Å². The van der Waals surface area contributed by atoms with Gasteiger partial charge in [0.15, 0.2) is 0 Å². The van der Waals surface area contributed by atoms with Gasteiger partial charge in [0.25, 0.3) is 0 Å². The van der Waals surface area contributed by atoms with Gasteiger partial charge in [0.1, 0.15) is 22.9 Å². The number of hydrogen-bond donors (Lipinski definition) is 0. The molecule has 0 aliphatic carbocycles. The van der Waals surface area contributed by atoms with Crippen LogP contribution < -0.4 is 19.7 Å². The summed E-state index contributed by atoms with van der Waals surface area (Å²) in [6.07, 6.45) is 3.81. The van der Waals surface area contributed by atoms with Crippen LogP contribution in [-0.2, 0) is 14.1 Å². The van der Waals surface area contributed by atoms with Crippen LogP contribution in [0.25, 0.3) is 12.2 Å². The molecule has 0 aliphatic heterocycles. The van der Waals surface area contributed by atoms with E-state index in [2.05, 4.69) is 0 Å². The summed E-state index contributed by atoms with van der Waals surface area (Å²) in [6, 6.07) is 7.56. The summed E-state index contributed by atoms with van der Waals surface area (Å²) in [5.41, 5.74) is 2.56. The molecule has 5 nitrogen and oxygen atoms in total. The minimum Gasteiger partial charge on any atom is -0.497 e. The molecule has 0 unspecified atom stereocenters. The number of aromatic nitrogens is 2. The highest BCUT2D eigenvalue weighted by Crippen LogP contribution is 2.25. The summed E-state index contributed by atoms with van der Waals surface area (Å²) >= 11 is 0. The molecule has 2 aromatic rings. The van der Waals surface area contributed by atoms with E-state index in [9.17, 15) is 4.79 Å². The van der Waals surface area contributed by atoms with Crippen LogP contribution in [0.5, 0.6) is 11.5 Å². The van der Waals surface area contributed by atoms with Gasteiger partial charge in [0, 0.05) is 11.6 Å². The molecule has 0 radical (unpaired) electrons. The van der Waals surface area contributed by atoms with E-state index in [0.29, 0.717) is 0 Å². The van der Waals surface area contributed by atoms with Crippen LogP contribution in [0.2, 0.25) is 0 Å². The number of rotatable bonds is 4. The summed E-state index contributed by atoms with van der Waals surface area (Å²) in [4.78, 5) is 12.1. The zero-order valence-corrected chi connectivity index (χ0v) is 13.6. The molecule has 2 rings (SSSR count). The van der Waals surface area contributed by atoms with E-state index >= 15 is 0 Å². The Hall–Kier alpha value is -2.56. The summed E-state index contributed by atoms with van der Waals surface area (Å²) in [5, 5.41) is 0. The van der Waals surface area contributed by atoms with Crippen molar-refractivity contribution < 1.29 is 14.0 Å². The molecule has 1 aromatic heterocycles. The molecule has 0 amide bonds. The molecule has 1 heterocycles. The molecule has 0 bridgehead atoms. The number of methoxy groups -OCH3 is 2. The van der Waals surface area contributed by atoms with Crippen molar-refractivity contribution in [3.8, 4) is 11.5 Å². The number of ether oxygens (including phenoxy) is 2. The van der Waals surface area contributed by atoms with E-state index in [-0.39, 0.29) is 5.69 Å². The van der Waals surface area contributed by atoms with Crippen molar-refractivity contribution in [3.05, 3.63) is 51.7 Å². The topological polar surface area (TPSA) is 44.3 Å². The average molecular weight is 301 g/mol. The Balaban J connectivity index is 2.47. The maximum atomic E-state index is 12.1. The minimum absolute atomic E-state index is 0.0581. The normalized spacial score (nSPS) is 11.0. The molecule has 116 valence electrons. The Bertz CT molecular complexity index is 776. The minimum atomic E-state index is -0.0581. The van der Waals surface area contributed by atoms with Crippen LogP contribution in [-0.4, -0.2) is 18.8 Å². The van der Waals surface area contributed by atoms with Crippen molar-refractivity contribution in [2.45, 2.75) is 6.92 Å². The van der Waals surface area contributed by atoms with Crippen LogP contribution >= 0.6 is 0 Å². The van der Waals surface area contributed by atoms with Crippen molar-refractivity contribution in [3.63, 3.8) is 0 Å². The first kappa shape index (κ1) is 15.8. The van der Waals surface area contributed by atoms with Crippen LogP contribution in [0.15, 0.2) is 29.1 Å². The summed E-state index contributed by atoms with van der Waals surface area (Å²) < 4.78 is 13.8. The van der Waals surface area contributed by atoms with E-state index in [1.54, 1.807) is 37.4 Å². The zero-order valence-electron chi connectivity index (χ0n) is 13.6. The lowest BCUT2D eigenvalue weighted by atomic mass is 10.1. The summed E-state index contributed by atoms with van der Waals surface area (Å²) in [5.74, 6) is 1.50. The Morgan fingerprint density at radius 1 is 1.14 bits per heavy atom. The smallest absolute Gasteiger partial charge is 0.497 e. The van der Waals surface area contributed by atoms with Gasteiger partial charge < -0.3 is 9.47 Å². The lowest BCUT2D eigenvalue weighted by Gasteiger charge is -2.07. The molecule has 1 aromatic carbocycles. The largest absolute Gasteiger partial charge is 0.498 e. The molecular formula is C17H21N2O3+. The van der Waals surface area contributed by atoms with Gasteiger partial charge in [0.2, 0.25) is 0 Å². The molecular weight excluding hydrogens is 280 g/mol. The van der Waals surface area contributed by atoms with Gasteiger partial charge in [-0.1, -0.05) is 0 Å². The second kappa shape index (κ2) is 6.47. The molecule has 0 fully saturated rings. The van der Waals surface area contributed by atoms with Crippen LogP contribution in [0.4, 0.5) is 0 Å². The molecule has 0 N–H and O–H groups in total. The van der Waals surface area contributed by atoms with E-state index in [4.69, 9.17) is 9.47 Å². The third kappa shape index (κ3) is 3.03. The van der Waals surface area contributed by atoms with Crippen molar-refractivity contribution in [1.82, 2.24) is 4.57 Å². The van der Waals surface area contributed by atoms with Gasteiger partial charge in [0.05, 0.1) is 28.3 Å². The third-order valence-corrected chi connectivity index (χ3v) is 3.72.